The normalized spacial score (nSPS) is 27.6. The third kappa shape index (κ3) is 3.79. The zero-order valence-corrected chi connectivity index (χ0v) is 14.8. The molecule has 3 heteroatoms. The Morgan fingerprint density at radius 1 is 1.32 bits per heavy atom. The quantitative estimate of drug-likeness (QED) is 0.560. The van der Waals surface area contributed by atoms with Gasteiger partial charge < -0.3 is 4.43 Å². The van der Waals surface area contributed by atoms with Crippen molar-refractivity contribution in [1.29, 1.82) is 0 Å². The summed E-state index contributed by atoms with van der Waals surface area (Å²) in [5.74, 6) is 0.992. The fraction of sp³-hybridized carbons (Fsp3) is 0.812. The smallest absolute Gasteiger partial charge is 0.192 e. The molecule has 1 saturated carbocycles. The summed E-state index contributed by atoms with van der Waals surface area (Å²) in [5.41, 5.74) is 0.923. The number of allylic oxidation sites excluding steroid dienone is 1. The van der Waals surface area contributed by atoms with Crippen molar-refractivity contribution in [3.8, 4) is 0 Å². The number of Topliss-reactive ketones (excluding diaryl/α,β-unsaturated/α-hetero) is 1. The van der Waals surface area contributed by atoms with Gasteiger partial charge in [-0.3, -0.25) is 4.79 Å². The van der Waals surface area contributed by atoms with E-state index in [0.717, 1.165) is 5.57 Å². The summed E-state index contributed by atoms with van der Waals surface area (Å²) in [4.78, 5) is 12.1. The van der Waals surface area contributed by atoms with Gasteiger partial charge in [0.15, 0.2) is 14.1 Å². The lowest BCUT2D eigenvalue weighted by Gasteiger charge is -2.39. The highest BCUT2D eigenvalue weighted by atomic mass is 28.4. The van der Waals surface area contributed by atoms with Gasteiger partial charge >= 0.3 is 0 Å². The monoisotopic (exact) mass is 282 g/mol. The van der Waals surface area contributed by atoms with Crippen LogP contribution in [-0.2, 0) is 9.22 Å². The summed E-state index contributed by atoms with van der Waals surface area (Å²) in [7, 11) is -1.83. The fourth-order valence-corrected chi connectivity index (χ4v) is 3.55. The maximum Gasteiger partial charge on any atom is 0.192 e. The Labute approximate surface area is 119 Å². The number of carbonyl (C=O) groups is 1. The minimum atomic E-state index is -1.83. The molecular weight excluding hydrogens is 252 g/mol. The molecule has 0 aromatic heterocycles. The molecule has 0 radical (unpaired) electrons. The molecule has 0 N–H and O–H groups in total. The molecule has 2 nitrogen and oxygen atoms in total. The SMILES string of the molecule is CC(C)/C=C1\C(=O)CC(C)C1O[Si](C)(C)C(C)(C)C. The highest BCUT2D eigenvalue weighted by Crippen LogP contribution is 2.41. The predicted octanol–water partition coefficient (Wildman–Crippen LogP) is 4.57. The van der Waals surface area contributed by atoms with Crippen LogP contribution in [0.3, 0.4) is 0 Å². The number of ketones is 1. The summed E-state index contributed by atoms with van der Waals surface area (Å²) < 4.78 is 6.51. The van der Waals surface area contributed by atoms with Crippen molar-refractivity contribution in [2.75, 3.05) is 0 Å². The minimum absolute atomic E-state index is 0.00999. The Hall–Kier alpha value is -0.413. The Morgan fingerprint density at radius 3 is 2.26 bits per heavy atom. The summed E-state index contributed by atoms with van der Waals surface area (Å²) >= 11 is 0. The van der Waals surface area contributed by atoms with E-state index < -0.39 is 8.32 Å². The third-order valence-electron chi connectivity index (χ3n) is 4.39. The van der Waals surface area contributed by atoms with E-state index in [1.165, 1.54) is 0 Å². The third-order valence-corrected chi connectivity index (χ3v) is 8.85. The van der Waals surface area contributed by atoms with Crippen LogP contribution in [0.4, 0.5) is 0 Å². The lowest BCUT2D eigenvalue weighted by atomic mass is 10.0. The first kappa shape index (κ1) is 16.6. The molecule has 0 aliphatic heterocycles. The Kier molecular flexibility index (Phi) is 4.84. The van der Waals surface area contributed by atoms with Crippen LogP contribution < -0.4 is 0 Å². The molecule has 0 aromatic rings. The lowest BCUT2D eigenvalue weighted by Crippen LogP contribution is -2.45. The zero-order valence-electron chi connectivity index (χ0n) is 13.8. The van der Waals surface area contributed by atoms with Crippen molar-refractivity contribution < 1.29 is 9.22 Å². The Bertz CT molecular complexity index is 375. The lowest BCUT2D eigenvalue weighted by molar-refractivity contribution is -0.114. The van der Waals surface area contributed by atoms with Gasteiger partial charge in [-0.1, -0.05) is 47.6 Å². The second kappa shape index (κ2) is 5.53. The highest BCUT2D eigenvalue weighted by Gasteiger charge is 2.44. The fourth-order valence-electron chi connectivity index (χ4n) is 2.20. The van der Waals surface area contributed by atoms with Gasteiger partial charge in [0.25, 0.3) is 0 Å². The number of hydrogen-bond donors (Lipinski definition) is 0. The molecular formula is C16H30O2Si. The molecule has 0 heterocycles. The second-order valence-electron chi connectivity index (χ2n) is 7.77. The second-order valence-corrected chi connectivity index (χ2v) is 12.5. The average molecular weight is 282 g/mol. The molecule has 1 aliphatic carbocycles. The highest BCUT2D eigenvalue weighted by molar-refractivity contribution is 6.74. The van der Waals surface area contributed by atoms with Crippen molar-refractivity contribution >= 4 is 14.1 Å². The van der Waals surface area contributed by atoms with Gasteiger partial charge in [0.05, 0.1) is 6.10 Å². The minimum Gasteiger partial charge on any atom is -0.410 e. The van der Waals surface area contributed by atoms with Crippen LogP contribution >= 0.6 is 0 Å². The average Bonchev–Trinajstić information content (AvgIpc) is 2.42. The van der Waals surface area contributed by atoms with Crippen LogP contribution in [0, 0.1) is 11.8 Å². The Balaban J connectivity index is 3.01. The van der Waals surface area contributed by atoms with Gasteiger partial charge in [0.2, 0.25) is 0 Å². The molecule has 0 bridgehead atoms. The zero-order chi connectivity index (χ0) is 15.0. The van der Waals surface area contributed by atoms with Crippen LogP contribution in [0.1, 0.15) is 48.0 Å². The number of carbonyl (C=O) groups excluding carboxylic acids is 1. The molecule has 0 aromatic carbocycles. The maximum absolute atomic E-state index is 12.1. The van der Waals surface area contributed by atoms with Crippen molar-refractivity contribution in [3.05, 3.63) is 11.6 Å². The van der Waals surface area contributed by atoms with E-state index in [-0.39, 0.29) is 16.9 Å². The van der Waals surface area contributed by atoms with Gasteiger partial charge in [-0.15, -0.1) is 0 Å². The van der Waals surface area contributed by atoms with Crippen molar-refractivity contribution in [2.24, 2.45) is 11.8 Å². The molecule has 0 saturated heterocycles. The van der Waals surface area contributed by atoms with Crippen molar-refractivity contribution in [1.82, 2.24) is 0 Å². The van der Waals surface area contributed by atoms with Gasteiger partial charge in [0, 0.05) is 12.0 Å². The molecule has 0 spiro atoms. The van der Waals surface area contributed by atoms with Crippen molar-refractivity contribution in [2.45, 2.75) is 72.2 Å². The molecule has 110 valence electrons. The first-order valence-electron chi connectivity index (χ1n) is 7.38. The van der Waals surface area contributed by atoms with Gasteiger partial charge in [-0.2, -0.15) is 0 Å². The molecule has 19 heavy (non-hydrogen) atoms. The van der Waals surface area contributed by atoms with Crippen LogP contribution in [-0.4, -0.2) is 20.2 Å². The molecule has 0 amide bonds. The molecule has 1 fully saturated rings. The van der Waals surface area contributed by atoms with E-state index in [9.17, 15) is 4.79 Å². The summed E-state index contributed by atoms with van der Waals surface area (Å²) in [5, 5.41) is 0.182. The van der Waals surface area contributed by atoms with E-state index in [1.807, 2.05) is 0 Å². The summed E-state index contributed by atoms with van der Waals surface area (Å²) in [6.45, 7) is 17.6. The van der Waals surface area contributed by atoms with Crippen molar-refractivity contribution in [3.63, 3.8) is 0 Å². The maximum atomic E-state index is 12.1. The molecule has 1 aliphatic rings. The largest absolute Gasteiger partial charge is 0.410 e. The molecule has 2 atom stereocenters. The van der Waals surface area contributed by atoms with Gasteiger partial charge in [-0.05, 0) is 30.0 Å². The van der Waals surface area contributed by atoms with E-state index in [1.54, 1.807) is 0 Å². The van der Waals surface area contributed by atoms with Crippen LogP contribution in [0.5, 0.6) is 0 Å². The summed E-state index contributed by atoms with van der Waals surface area (Å²) in [6.07, 6.45) is 2.75. The summed E-state index contributed by atoms with van der Waals surface area (Å²) in [6, 6.07) is 0. The molecule has 2 unspecified atom stereocenters. The van der Waals surface area contributed by atoms with E-state index in [2.05, 4.69) is 60.7 Å². The standard InChI is InChI=1S/C16H30O2Si/c1-11(2)9-13-14(17)10-12(3)15(13)18-19(7,8)16(4,5)6/h9,11-12,15H,10H2,1-8H3/b13-9+. The van der Waals surface area contributed by atoms with E-state index in [0.29, 0.717) is 18.3 Å². The van der Waals surface area contributed by atoms with Crippen LogP contribution in [0.2, 0.25) is 18.1 Å². The van der Waals surface area contributed by atoms with Crippen LogP contribution in [0.25, 0.3) is 0 Å². The number of hydrogen-bond acceptors (Lipinski definition) is 2. The topological polar surface area (TPSA) is 26.3 Å². The molecule has 1 rings (SSSR count). The van der Waals surface area contributed by atoms with E-state index in [4.69, 9.17) is 4.43 Å². The van der Waals surface area contributed by atoms with Crippen LogP contribution in [0.15, 0.2) is 11.6 Å². The first-order valence-corrected chi connectivity index (χ1v) is 10.3. The number of rotatable bonds is 3. The van der Waals surface area contributed by atoms with Gasteiger partial charge in [-0.25, -0.2) is 0 Å². The predicted molar refractivity (Wildman–Crippen MR) is 83.8 cm³/mol. The van der Waals surface area contributed by atoms with Gasteiger partial charge in [0.1, 0.15) is 0 Å². The first-order chi connectivity index (χ1) is 8.45. The Morgan fingerprint density at radius 2 is 1.84 bits per heavy atom. The van der Waals surface area contributed by atoms with E-state index >= 15 is 0 Å².